The van der Waals surface area contributed by atoms with Gasteiger partial charge in [0.2, 0.25) is 0 Å². The second kappa shape index (κ2) is 11.4. The van der Waals surface area contributed by atoms with Crippen molar-refractivity contribution in [3.8, 4) is 11.5 Å². The molecular formula is C22H38INO2. The molecule has 0 bridgehead atoms. The topological polar surface area (TPSA) is 22.9 Å². The Bertz CT molecular complexity index is 541. The van der Waals surface area contributed by atoms with Crippen molar-refractivity contribution in [2.45, 2.75) is 91.1 Å². The Balaban J connectivity index is 2.33. The molecule has 150 valence electrons. The Morgan fingerprint density at radius 3 is 2.46 bits per heavy atom. The first-order valence-electron chi connectivity index (χ1n) is 10.5. The van der Waals surface area contributed by atoms with Crippen molar-refractivity contribution in [2.24, 2.45) is 0 Å². The molecule has 1 unspecified atom stereocenters. The summed E-state index contributed by atoms with van der Waals surface area (Å²) in [4.78, 5) is 0. The fourth-order valence-electron chi connectivity index (χ4n) is 3.82. The Morgan fingerprint density at radius 1 is 1.15 bits per heavy atom. The van der Waals surface area contributed by atoms with Gasteiger partial charge in [0, 0.05) is 0 Å². The number of ether oxygens (including phenoxy) is 2. The zero-order chi connectivity index (χ0) is 18.9. The number of unbranched alkanes of at least 4 members (excludes halogenated alkanes) is 1. The van der Waals surface area contributed by atoms with Crippen molar-refractivity contribution in [3.05, 3.63) is 21.3 Å². The first kappa shape index (κ1) is 21.8. The SMILES string of the molecule is CCCCc1cc(OC)cc([I-][NH+](C(C)C)C2CCCCC2)c1OCC. The van der Waals surface area contributed by atoms with Crippen molar-refractivity contribution in [3.63, 3.8) is 0 Å². The molecule has 0 heterocycles. The average molecular weight is 475 g/mol. The van der Waals surface area contributed by atoms with Gasteiger partial charge in [-0.3, -0.25) is 0 Å². The van der Waals surface area contributed by atoms with Crippen LogP contribution in [0.5, 0.6) is 11.5 Å². The van der Waals surface area contributed by atoms with Crippen LogP contribution in [0.2, 0.25) is 0 Å². The molecule has 3 nitrogen and oxygen atoms in total. The third kappa shape index (κ3) is 6.01. The van der Waals surface area contributed by atoms with Gasteiger partial charge >= 0.3 is 172 Å². The fourth-order valence-corrected chi connectivity index (χ4v) is 7.39. The van der Waals surface area contributed by atoms with E-state index in [1.807, 2.05) is 3.11 Å². The van der Waals surface area contributed by atoms with Crippen LogP contribution in [0, 0.1) is 3.57 Å². The van der Waals surface area contributed by atoms with Gasteiger partial charge in [0.15, 0.2) is 0 Å². The van der Waals surface area contributed by atoms with Gasteiger partial charge in [-0.2, -0.15) is 0 Å². The maximum atomic E-state index is 6.19. The minimum atomic E-state index is -0.183. The molecule has 1 aliphatic rings. The quantitative estimate of drug-likeness (QED) is 0.407. The third-order valence-corrected chi connectivity index (χ3v) is 9.31. The van der Waals surface area contributed by atoms with E-state index in [0.29, 0.717) is 6.04 Å². The normalized spacial score (nSPS) is 16.8. The molecule has 0 amide bonds. The summed E-state index contributed by atoms with van der Waals surface area (Å²) in [7, 11) is 1.79. The van der Waals surface area contributed by atoms with Gasteiger partial charge in [0.1, 0.15) is 0 Å². The molecular weight excluding hydrogens is 437 g/mol. The molecule has 1 fully saturated rings. The number of quaternary nitrogens is 1. The molecule has 1 atom stereocenters. The zero-order valence-electron chi connectivity index (χ0n) is 17.4. The monoisotopic (exact) mass is 475 g/mol. The van der Waals surface area contributed by atoms with Gasteiger partial charge in [-0.05, 0) is 0 Å². The van der Waals surface area contributed by atoms with E-state index in [-0.39, 0.29) is 21.5 Å². The standard InChI is InChI=1S/C22H38INO2/c1-6-8-12-18-15-20(25-5)16-21(22(18)26-7-2)23-24(17(3)4)19-13-10-9-11-14-19/h15-17,19,24H,6-14H2,1-5H3. The van der Waals surface area contributed by atoms with Crippen LogP contribution in [0.4, 0.5) is 0 Å². The van der Waals surface area contributed by atoms with Gasteiger partial charge in [-0.15, -0.1) is 0 Å². The summed E-state index contributed by atoms with van der Waals surface area (Å²) in [6, 6.07) is 5.96. The number of rotatable bonds is 10. The second-order valence-corrected chi connectivity index (χ2v) is 10.6. The number of methoxy groups -OCH3 is 1. The van der Waals surface area contributed by atoms with E-state index in [0.717, 1.165) is 24.8 Å². The van der Waals surface area contributed by atoms with Crippen LogP contribution >= 0.6 is 0 Å². The summed E-state index contributed by atoms with van der Waals surface area (Å²) in [5.74, 6) is 2.17. The van der Waals surface area contributed by atoms with Crippen LogP contribution < -0.4 is 34.1 Å². The molecule has 1 aromatic carbocycles. The average Bonchev–Trinajstić information content (AvgIpc) is 2.66. The van der Waals surface area contributed by atoms with Crippen LogP contribution in [-0.2, 0) is 6.42 Å². The number of hydrogen-bond acceptors (Lipinski definition) is 2. The zero-order valence-corrected chi connectivity index (χ0v) is 19.5. The predicted molar refractivity (Wildman–Crippen MR) is 104 cm³/mol. The Morgan fingerprint density at radius 2 is 1.88 bits per heavy atom. The van der Waals surface area contributed by atoms with E-state index in [2.05, 4.69) is 39.8 Å². The van der Waals surface area contributed by atoms with Gasteiger partial charge in [-0.25, -0.2) is 0 Å². The van der Waals surface area contributed by atoms with Crippen molar-refractivity contribution in [2.75, 3.05) is 13.7 Å². The van der Waals surface area contributed by atoms with Crippen LogP contribution in [0.3, 0.4) is 0 Å². The van der Waals surface area contributed by atoms with Gasteiger partial charge in [0.05, 0.1) is 0 Å². The molecule has 1 aromatic rings. The third-order valence-electron chi connectivity index (χ3n) is 5.18. The van der Waals surface area contributed by atoms with E-state index >= 15 is 0 Å². The molecule has 0 spiro atoms. The number of hydrogen-bond donors (Lipinski definition) is 1. The van der Waals surface area contributed by atoms with Gasteiger partial charge in [0.25, 0.3) is 0 Å². The molecule has 4 heteroatoms. The summed E-state index contributed by atoms with van der Waals surface area (Å²) in [5.41, 5.74) is 1.34. The number of nitrogens with one attached hydrogen (secondary N) is 1. The van der Waals surface area contributed by atoms with Crippen molar-refractivity contribution >= 4 is 0 Å². The Labute approximate surface area is 171 Å². The van der Waals surface area contributed by atoms with Crippen LogP contribution in [0.25, 0.3) is 0 Å². The number of aryl methyl sites for hydroxylation is 1. The van der Waals surface area contributed by atoms with Crippen molar-refractivity contribution < 1.29 is 34.1 Å². The van der Waals surface area contributed by atoms with E-state index in [1.54, 1.807) is 7.11 Å². The molecule has 0 radical (unpaired) electrons. The maximum absolute atomic E-state index is 6.19. The van der Waals surface area contributed by atoms with Crippen molar-refractivity contribution in [1.82, 2.24) is 0 Å². The Kier molecular flexibility index (Phi) is 9.54. The summed E-state index contributed by atoms with van der Waals surface area (Å²) in [6.07, 6.45) is 10.5. The minimum absolute atomic E-state index is 0.183. The molecule has 1 N–H and O–H groups in total. The number of halogens is 1. The summed E-state index contributed by atoms with van der Waals surface area (Å²) < 4.78 is 15.1. The van der Waals surface area contributed by atoms with E-state index in [1.165, 1.54) is 59.8 Å². The molecule has 26 heavy (non-hydrogen) atoms. The molecule has 0 aromatic heterocycles. The fraction of sp³-hybridized carbons (Fsp3) is 0.727. The molecule has 0 aliphatic heterocycles. The number of benzene rings is 1. The molecule has 2 rings (SSSR count). The van der Waals surface area contributed by atoms with E-state index < -0.39 is 0 Å². The van der Waals surface area contributed by atoms with Crippen LogP contribution in [0.15, 0.2) is 12.1 Å². The molecule has 1 aliphatic carbocycles. The first-order chi connectivity index (χ1) is 12.6. The van der Waals surface area contributed by atoms with Gasteiger partial charge in [-0.1, -0.05) is 0 Å². The predicted octanol–water partition coefficient (Wildman–Crippen LogP) is 1.24. The summed E-state index contributed by atoms with van der Waals surface area (Å²) >= 11 is -0.183. The van der Waals surface area contributed by atoms with Gasteiger partial charge < -0.3 is 0 Å². The van der Waals surface area contributed by atoms with Crippen LogP contribution in [0.1, 0.15) is 78.2 Å². The first-order valence-corrected chi connectivity index (χ1v) is 12.6. The second-order valence-electron chi connectivity index (χ2n) is 7.60. The van der Waals surface area contributed by atoms with Crippen LogP contribution in [-0.4, -0.2) is 25.8 Å². The van der Waals surface area contributed by atoms with Crippen molar-refractivity contribution in [1.29, 1.82) is 0 Å². The molecule has 0 saturated heterocycles. The Hall–Kier alpha value is -0.490. The summed E-state index contributed by atoms with van der Waals surface area (Å²) in [5, 5.41) is 0. The molecule has 1 saturated carbocycles. The van der Waals surface area contributed by atoms with E-state index in [4.69, 9.17) is 9.47 Å². The van der Waals surface area contributed by atoms with E-state index in [9.17, 15) is 0 Å². The summed E-state index contributed by atoms with van der Waals surface area (Å²) in [6.45, 7) is 9.87.